The van der Waals surface area contributed by atoms with Gasteiger partial charge in [0.15, 0.2) is 0 Å². The van der Waals surface area contributed by atoms with E-state index >= 15 is 0 Å². The van der Waals surface area contributed by atoms with Gasteiger partial charge in [0.25, 0.3) is 0 Å². The van der Waals surface area contributed by atoms with Crippen molar-refractivity contribution < 1.29 is 24.5 Å². The Morgan fingerprint density at radius 3 is 2.32 bits per heavy atom. The molecule has 7 heteroatoms. The molecule has 2 N–H and O–H groups in total. The minimum Gasteiger partial charge on any atom is -0.478 e. The molecule has 7 nitrogen and oxygen atoms in total. The number of carboxylic acid groups (broad SMARTS) is 1. The first-order valence-corrected chi connectivity index (χ1v) is 10.6. The van der Waals surface area contributed by atoms with Gasteiger partial charge >= 0.3 is 11.9 Å². The Labute approximate surface area is 181 Å². The van der Waals surface area contributed by atoms with Gasteiger partial charge in [0.2, 0.25) is 0 Å². The Bertz CT molecular complexity index is 1100. The van der Waals surface area contributed by atoms with E-state index in [0.717, 1.165) is 19.3 Å². The van der Waals surface area contributed by atoms with E-state index in [9.17, 15) is 19.8 Å². The van der Waals surface area contributed by atoms with Gasteiger partial charge in [-0.05, 0) is 30.5 Å². The van der Waals surface area contributed by atoms with E-state index in [2.05, 4.69) is 23.8 Å². The van der Waals surface area contributed by atoms with E-state index in [0.29, 0.717) is 34.5 Å². The second-order valence-electron chi connectivity index (χ2n) is 7.94. The van der Waals surface area contributed by atoms with Gasteiger partial charge in [-0.3, -0.25) is 4.79 Å². The number of carboxylic acids is 1. The Morgan fingerprint density at radius 1 is 1.03 bits per heavy atom. The van der Waals surface area contributed by atoms with E-state index in [-0.39, 0.29) is 11.1 Å². The summed E-state index contributed by atoms with van der Waals surface area (Å²) in [5.74, 6) is -1.71. The topological polar surface area (TPSA) is 110 Å². The highest BCUT2D eigenvalue weighted by Gasteiger charge is 2.30. The normalized spacial score (nSPS) is 14.3. The van der Waals surface area contributed by atoms with E-state index in [1.54, 1.807) is 30.3 Å². The van der Waals surface area contributed by atoms with Crippen molar-refractivity contribution in [2.75, 3.05) is 7.11 Å². The molecule has 2 aromatic carbocycles. The maximum absolute atomic E-state index is 12.5. The number of para-hydroxylation sites is 2. The van der Waals surface area contributed by atoms with Gasteiger partial charge in [0, 0.05) is 5.56 Å². The lowest BCUT2D eigenvalue weighted by atomic mass is 9.88. The number of fused-ring (bicyclic) bond motifs is 2. The van der Waals surface area contributed by atoms with Crippen molar-refractivity contribution in [1.82, 2.24) is 9.97 Å². The van der Waals surface area contributed by atoms with Crippen LogP contribution in [0.2, 0.25) is 0 Å². The number of hydrogen-bond donors (Lipinski definition) is 2. The minimum atomic E-state index is -1.11. The van der Waals surface area contributed by atoms with Crippen LogP contribution in [0.1, 0.15) is 61.6 Å². The van der Waals surface area contributed by atoms with Crippen molar-refractivity contribution in [3.05, 3.63) is 47.5 Å². The lowest BCUT2D eigenvalue weighted by molar-refractivity contribution is -0.150. The zero-order valence-electron chi connectivity index (χ0n) is 18.0. The smallest absolute Gasteiger partial charge is 0.337 e. The first kappa shape index (κ1) is 22.6. The quantitative estimate of drug-likeness (QED) is 0.384. The molecular weight excluding hydrogens is 396 g/mol. The molecule has 1 unspecified atom stereocenters. The number of benzene rings is 2. The summed E-state index contributed by atoms with van der Waals surface area (Å²) in [5.41, 5.74) is 2.15. The molecule has 0 aliphatic carbocycles. The van der Waals surface area contributed by atoms with Crippen molar-refractivity contribution >= 4 is 34.0 Å². The van der Waals surface area contributed by atoms with E-state index in [1.807, 2.05) is 0 Å². The van der Waals surface area contributed by atoms with Gasteiger partial charge < -0.3 is 14.9 Å². The third-order valence-corrected chi connectivity index (χ3v) is 5.87. The van der Waals surface area contributed by atoms with Crippen molar-refractivity contribution in [2.24, 2.45) is 11.8 Å². The Hall–Kier alpha value is -3.06. The highest BCUT2D eigenvalue weighted by atomic mass is 16.5. The summed E-state index contributed by atoms with van der Waals surface area (Å²) in [4.78, 5) is 33.1. The largest absolute Gasteiger partial charge is 0.478 e. The van der Waals surface area contributed by atoms with Crippen LogP contribution in [0.5, 0.6) is 0 Å². The van der Waals surface area contributed by atoms with Crippen LogP contribution < -0.4 is 0 Å². The third-order valence-electron chi connectivity index (χ3n) is 5.87. The second-order valence-corrected chi connectivity index (χ2v) is 7.94. The number of aromatic nitrogens is 2. The van der Waals surface area contributed by atoms with Crippen LogP contribution in [0.25, 0.3) is 22.1 Å². The number of rotatable bonds is 9. The maximum Gasteiger partial charge on any atom is 0.337 e. The Morgan fingerprint density at radius 2 is 1.68 bits per heavy atom. The molecule has 31 heavy (non-hydrogen) atoms. The van der Waals surface area contributed by atoms with Crippen LogP contribution in [-0.4, -0.2) is 39.2 Å². The van der Waals surface area contributed by atoms with Crippen LogP contribution in [0, 0.1) is 11.8 Å². The van der Waals surface area contributed by atoms with Gasteiger partial charge in [0.1, 0.15) is 5.52 Å². The van der Waals surface area contributed by atoms with Gasteiger partial charge in [-0.1, -0.05) is 51.3 Å². The number of esters is 1. The molecular formula is C24H28N2O5. The number of aromatic carboxylic acids is 1. The van der Waals surface area contributed by atoms with Crippen LogP contribution in [-0.2, 0) is 9.53 Å². The molecule has 0 amide bonds. The van der Waals surface area contributed by atoms with Crippen molar-refractivity contribution in [3.8, 4) is 0 Å². The fourth-order valence-corrected chi connectivity index (χ4v) is 3.82. The average Bonchev–Trinajstić information content (AvgIpc) is 2.78. The molecule has 0 saturated heterocycles. The molecule has 0 saturated carbocycles. The predicted molar refractivity (Wildman–Crippen MR) is 118 cm³/mol. The van der Waals surface area contributed by atoms with Crippen LogP contribution in [0.3, 0.4) is 0 Å². The number of hydrogen-bond acceptors (Lipinski definition) is 6. The molecule has 3 atom stereocenters. The molecule has 1 heterocycles. The molecule has 1 aromatic heterocycles. The van der Waals surface area contributed by atoms with E-state index in [1.165, 1.54) is 13.2 Å². The molecule has 0 aliphatic heterocycles. The van der Waals surface area contributed by atoms with Gasteiger partial charge in [0.05, 0.1) is 41.2 Å². The monoisotopic (exact) mass is 424 g/mol. The lowest BCUT2D eigenvalue weighted by Gasteiger charge is -2.22. The first-order valence-electron chi connectivity index (χ1n) is 10.6. The zero-order chi connectivity index (χ0) is 22.5. The lowest BCUT2D eigenvalue weighted by Crippen LogP contribution is -2.24. The van der Waals surface area contributed by atoms with Crippen molar-refractivity contribution in [3.63, 3.8) is 0 Å². The summed E-state index contributed by atoms with van der Waals surface area (Å²) in [6.07, 6.45) is 2.22. The van der Waals surface area contributed by atoms with Gasteiger partial charge in [-0.2, -0.15) is 0 Å². The number of methoxy groups -OCH3 is 1. The van der Waals surface area contributed by atoms with Crippen LogP contribution in [0.15, 0.2) is 36.4 Å². The molecule has 164 valence electrons. The second kappa shape index (κ2) is 9.83. The average molecular weight is 424 g/mol. The summed E-state index contributed by atoms with van der Waals surface area (Å²) in [7, 11) is 1.32. The number of carbonyl (C=O) groups is 2. The van der Waals surface area contributed by atoms with Crippen LogP contribution >= 0.6 is 0 Å². The first-order chi connectivity index (χ1) is 14.9. The fraction of sp³-hybridized carbons (Fsp3) is 0.417. The SMILES string of the molecule is CCC(C)CCC[C@H](C(=O)OC)[C@@H](O)c1cccc2nc3c(C(=O)O)cccc3nc12. The van der Waals surface area contributed by atoms with E-state index < -0.39 is 24.0 Å². The molecule has 0 fully saturated rings. The van der Waals surface area contributed by atoms with E-state index in [4.69, 9.17) is 4.74 Å². The molecule has 3 rings (SSSR count). The number of aliphatic hydroxyl groups is 1. The summed E-state index contributed by atoms with van der Waals surface area (Å²) >= 11 is 0. The predicted octanol–water partition coefficient (Wildman–Crippen LogP) is 4.52. The van der Waals surface area contributed by atoms with Gasteiger partial charge in [-0.15, -0.1) is 0 Å². The Kier molecular flexibility index (Phi) is 7.17. The fourth-order valence-electron chi connectivity index (χ4n) is 3.82. The maximum atomic E-state index is 12.5. The standard InChI is InChI=1S/C24H28N2O5/c1-4-14(2)8-5-11-17(24(30)31-3)22(27)15-9-6-12-18-20(15)25-19-13-7-10-16(23(28)29)21(19)26-18/h6-7,9-10,12-14,17,22,27H,4-5,8,11H2,1-3H3,(H,28,29)/t14?,17-,22-/m0/s1. The summed E-state index contributed by atoms with van der Waals surface area (Å²) in [6, 6.07) is 9.93. The molecule has 3 aromatic rings. The minimum absolute atomic E-state index is 0.0651. The summed E-state index contributed by atoms with van der Waals surface area (Å²) in [5, 5.41) is 20.6. The highest BCUT2D eigenvalue weighted by molar-refractivity contribution is 6.02. The molecule has 0 spiro atoms. The summed E-state index contributed by atoms with van der Waals surface area (Å²) in [6.45, 7) is 4.30. The number of ether oxygens (including phenoxy) is 1. The van der Waals surface area contributed by atoms with Crippen LogP contribution in [0.4, 0.5) is 0 Å². The molecule has 0 bridgehead atoms. The number of aliphatic hydroxyl groups excluding tert-OH is 1. The van der Waals surface area contributed by atoms with Crippen molar-refractivity contribution in [1.29, 1.82) is 0 Å². The zero-order valence-corrected chi connectivity index (χ0v) is 18.0. The summed E-state index contributed by atoms with van der Waals surface area (Å²) < 4.78 is 4.96. The molecule has 0 radical (unpaired) electrons. The molecule has 0 aliphatic rings. The third kappa shape index (κ3) is 4.82. The number of carbonyl (C=O) groups excluding carboxylic acids is 1. The highest BCUT2D eigenvalue weighted by Crippen LogP contribution is 2.33. The Balaban J connectivity index is 2.02. The van der Waals surface area contributed by atoms with Crippen molar-refractivity contribution in [2.45, 2.75) is 45.6 Å². The number of nitrogens with zero attached hydrogens (tertiary/aromatic N) is 2. The van der Waals surface area contributed by atoms with Gasteiger partial charge in [-0.25, -0.2) is 14.8 Å².